The van der Waals surface area contributed by atoms with Crippen LogP contribution in [-0.4, -0.2) is 58.3 Å². The number of halogens is 2. The molecule has 1 aromatic rings. The van der Waals surface area contributed by atoms with Crippen molar-refractivity contribution in [3.63, 3.8) is 0 Å². The molecule has 2 atom stereocenters. The maximum atomic E-state index is 12.5. The first kappa shape index (κ1) is 20.9. The number of nitrogens with zero attached hydrogens (tertiary/aromatic N) is 1. The van der Waals surface area contributed by atoms with E-state index >= 15 is 0 Å². The first-order valence-corrected chi connectivity index (χ1v) is 9.22. The zero-order valence-corrected chi connectivity index (χ0v) is 16.9. The smallest absolute Gasteiger partial charge is 0.410 e. The van der Waals surface area contributed by atoms with Gasteiger partial charge in [0.25, 0.3) is 5.91 Å². The fraction of sp³-hybridized carbons (Fsp3) is 0.647. The molecule has 146 valence electrons. The minimum Gasteiger partial charge on any atom is -0.444 e. The summed E-state index contributed by atoms with van der Waals surface area (Å²) < 4.78 is 5.37. The summed E-state index contributed by atoms with van der Waals surface area (Å²) in [6.45, 7) is 7.68. The number of aromatic nitrogens is 1. The molecule has 2 heterocycles. The van der Waals surface area contributed by atoms with E-state index in [4.69, 9.17) is 27.9 Å². The Labute approximate surface area is 163 Å². The van der Waals surface area contributed by atoms with Crippen LogP contribution in [0.15, 0.2) is 0 Å². The minimum absolute atomic E-state index is 0.164. The Morgan fingerprint density at radius 2 is 2.00 bits per heavy atom. The highest BCUT2D eigenvalue weighted by atomic mass is 35.5. The van der Waals surface area contributed by atoms with Crippen LogP contribution in [0.3, 0.4) is 0 Å². The number of carbonyl (C=O) groups is 2. The molecule has 0 unspecified atom stereocenters. The molecule has 0 bridgehead atoms. The second kappa shape index (κ2) is 8.06. The van der Waals surface area contributed by atoms with Gasteiger partial charge in [0.2, 0.25) is 0 Å². The molecule has 1 aliphatic rings. The second-order valence-corrected chi connectivity index (χ2v) is 8.25. The van der Waals surface area contributed by atoms with Gasteiger partial charge in [-0.25, -0.2) is 4.79 Å². The van der Waals surface area contributed by atoms with E-state index < -0.39 is 11.7 Å². The molecule has 0 saturated carbocycles. The number of hydrogen-bond donors (Lipinski definition) is 3. The number of likely N-dealkylation sites (tertiary alicyclic amines) is 1. The number of aryl methyl sites for hydroxylation is 1. The topological polar surface area (TPSA) is 94.7 Å². The van der Waals surface area contributed by atoms with Gasteiger partial charge >= 0.3 is 6.09 Å². The Morgan fingerprint density at radius 3 is 2.50 bits per heavy atom. The van der Waals surface area contributed by atoms with E-state index in [0.29, 0.717) is 30.2 Å². The third-order valence-electron chi connectivity index (χ3n) is 4.22. The van der Waals surface area contributed by atoms with Crippen LogP contribution < -0.4 is 5.32 Å². The number of H-pyrrole nitrogens is 1. The number of piperidine rings is 1. The molecule has 26 heavy (non-hydrogen) atoms. The normalized spacial score (nSPS) is 20.8. The monoisotopic (exact) mass is 405 g/mol. The average molecular weight is 406 g/mol. The van der Waals surface area contributed by atoms with E-state index in [1.807, 2.05) is 0 Å². The number of ether oxygens (including phenoxy) is 1. The standard InChI is InChI=1S/C17H25Cl2N3O4/c1-9-12(18)13(19)14(20-9)15(24)21-11-5-6-22(7-10(11)8-23)16(25)26-17(2,3)4/h10-11,20,23H,5-8H2,1-4H3,(H,21,24)/t10-,11-/m0/s1. The van der Waals surface area contributed by atoms with Crippen LogP contribution in [0.4, 0.5) is 4.79 Å². The van der Waals surface area contributed by atoms with Gasteiger partial charge in [0.15, 0.2) is 0 Å². The van der Waals surface area contributed by atoms with Gasteiger partial charge in [-0.1, -0.05) is 23.2 Å². The number of aromatic amines is 1. The SMILES string of the molecule is Cc1[nH]c(C(=O)N[C@H]2CCN(C(=O)OC(C)(C)C)C[C@H]2CO)c(Cl)c1Cl. The van der Waals surface area contributed by atoms with Gasteiger partial charge in [-0.15, -0.1) is 0 Å². The molecule has 0 spiro atoms. The summed E-state index contributed by atoms with van der Waals surface area (Å²) in [7, 11) is 0. The van der Waals surface area contributed by atoms with Gasteiger partial charge in [-0.05, 0) is 34.1 Å². The summed E-state index contributed by atoms with van der Waals surface area (Å²) in [6, 6.07) is -0.287. The molecule has 1 saturated heterocycles. The van der Waals surface area contributed by atoms with Crippen LogP contribution in [0.1, 0.15) is 43.4 Å². The zero-order chi connectivity index (χ0) is 19.6. The molecule has 0 radical (unpaired) electrons. The first-order valence-electron chi connectivity index (χ1n) is 8.46. The Hall–Kier alpha value is -1.44. The molecule has 1 aromatic heterocycles. The maximum Gasteiger partial charge on any atom is 0.410 e. The summed E-state index contributed by atoms with van der Waals surface area (Å²) >= 11 is 12.1. The molecule has 2 amide bonds. The van der Waals surface area contributed by atoms with Gasteiger partial charge in [0.1, 0.15) is 11.3 Å². The molecule has 1 fully saturated rings. The summed E-state index contributed by atoms with van der Waals surface area (Å²) in [6.07, 6.45) is 0.0805. The molecule has 3 N–H and O–H groups in total. The van der Waals surface area contributed by atoms with E-state index in [0.717, 1.165) is 0 Å². The fourth-order valence-corrected chi connectivity index (χ4v) is 3.28. The van der Waals surface area contributed by atoms with Gasteiger partial charge in [0.05, 0.1) is 10.0 Å². The molecule has 9 heteroatoms. The zero-order valence-electron chi connectivity index (χ0n) is 15.4. The van der Waals surface area contributed by atoms with Gasteiger partial charge in [-0.2, -0.15) is 0 Å². The van der Waals surface area contributed by atoms with Crippen LogP contribution in [0.25, 0.3) is 0 Å². The number of carbonyl (C=O) groups excluding carboxylic acids is 2. The van der Waals surface area contributed by atoms with Crippen LogP contribution in [-0.2, 0) is 4.74 Å². The molecule has 7 nitrogen and oxygen atoms in total. The van der Waals surface area contributed by atoms with Gasteiger partial charge in [0, 0.05) is 37.4 Å². The largest absolute Gasteiger partial charge is 0.444 e. The number of hydrogen-bond acceptors (Lipinski definition) is 4. The fourth-order valence-electron chi connectivity index (χ4n) is 2.87. The number of aliphatic hydroxyl groups is 1. The molecular weight excluding hydrogens is 381 g/mol. The lowest BCUT2D eigenvalue weighted by Gasteiger charge is -2.38. The van der Waals surface area contributed by atoms with Crippen molar-refractivity contribution < 1.29 is 19.4 Å². The lowest BCUT2D eigenvalue weighted by atomic mass is 9.93. The minimum atomic E-state index is -0.585. The number of rotatable bonds is 3. The van der Waals surface area contributed by atoms with Crippen molar-refractivity contribution in [1.82, 2.24) is 15.2 Å². The van der Waals surface area contributed by atoms with E-state index in [-0.39, 0.29) is 35.2 Å². The molecular formula is C17H25Cl2N3O4. The number of aliphatic hydroxyl groups excluding tert-OH is 1. The van der Waals surface area contributed by atoms with E-state index in [1.54, 1.807) is 32.6 Å². The van der Waals surface area contributed by atoms with Gasteiger partial charge in [-0.3, -0.25) is 4.79 Å². The van der Waals surface area contributed by atoms with Crippen molar-refractivity contribution in [3.8, 4) is 0 Å². The van der Waals surface area contributed by atoms with E-state index in [2.05, 4.69) is 10.3 Å². The van der Waals surface area contributed by atoms with Crippen molar-refractivity contribution in [2.45, 2.75) is 45.8 Å². The third-order valence-corrected chi connectivity index (χ3v) is 5.16. The predicted molar refractivity (Wildman–Crippen MR) is 99.8 cm³/mol. The maximum absolute atomic E-state index is 12.5. The number of amides is 2. The first-order chi connectivity index (χ1) is 12.0. The van der Waals surface area contributed by atoms with Crippen LogP contribution >= 0.6 is 23.2 Å². The lowest BCUT2D eigenvalue weighted by molar-refractivity contribution is 0.00870. The Bertz CT molecular complexity index is 684. The van der Waals surface area contributed by atoms with Crippen molar-refractivity contribution >= 4 is 35.2 Å². The lowest BCUT2D eigenvalue weighted by Crippen LogP contribution is -2.54. The molecule has 0 aliphatic carbocycles. The highest BCUT2D eigenvalue weighted by Gasteiger charge is 2.34. The predicted octanol–water partition coefficient (Wildman–Crippen LogP) is 2.98. The molecule has 0 aromatic carbocycles. The van der Waals surface area contributed by atoms with Gasteiger partial charge < -0.3 is 25.0 Å². The van der Waals surface area contributed by atoms with Crippen molar-refractivity contribution in [2.75, 3.05) is 19.7 Å². The Kier molecular flexibility index (Phi) is 6.47. The van der Waals surface area contributed by atoms with Crippen LogP contribution in [0.2, 0.25) is 10.0 Å². The van der Waals surface area contributed by atoms with Crippen LogP contribution in [0, 0.1) is 12.8 Å². The third kappa shape index (κ3) is 4.84. The average Bonchev–Trinajstić information content (AvgIpc) is 2.81. The highest BCUT2D eigenvalue weighted by molar-refractivity contribution is 6.44. The van der Waals surface area contributed by atoms with Crippen molar-refractivity contribution in [2.24, 2.45) is 5.92 Å². The summed E-state index contributed by atoms with van der Waals surface area (Å²) in [5.74, 6) is -0.690. The Balaban J connectivity index is 2.02. The van der Waals surface area contributed by atoms with E-state index in [1.165, 1.54) is 0 Å². The highest BCUT2D eigenvalue weighted by Crippen LogP contribution is 2.29. The second-order valence-electron chi connectivity index (χ2n) is 7.49. The van der Waals surface area contributed by atoms with Crippen molar-refractivity contribution in [3.05, 3.63) is 21.4 Å². The molecule has 1 aliphatic heterocycles. The summed E-state index contributed by atoms with van der Waals surface area (Å²) in [4.78, 5) is 29.1. The number of nitrogens with one attached hydrogen (secondary N) is 2. The van der Waals surface area contributed by atoms with Crippen LogP contribution in [0.5, 0.6) is 0 Å². The summed E-state index contributed by atoms with van der Waals surface area (Å²) in [5.41, 5.74) is 0.221. The Morgan fingerprint density at radius 1 is 1.35 bits per heavy atom. The quantitative estimate of drug-likeness (QED) is 0.719. The van der Waals surface area contributed by atoms with E-state index in [9.17, 15) is 14.7 Å². The summed E-state index contributed by atoms with van der Waals surface area (Å²) in [5, 5.41) is 13.1. The molecule has 2 rings (SSSR count). The van der Waals surface area contributed by atoms with Crippen molar-refractivity contribution in [1.29, 1.82) is 0 Å².